The Hall–Kier alpha value is -1.71. The minimum absolute atomic E-state index is 0.0737. The van der Waals surface area contributed by atoms with E-state index in [-0.39, 0.29) is 5.91 Å². The smallest absolute Gasteiger partial charge is 0.251 e. The van der Waals surface area contributed by atoms with Crippen LogP contribution >= 0.6 is 0 Å². The van der Waals surface area contributed by atoms with Crippen LogP contribution in [0.1, 0.15) is 50.4 Å². The molecule has 4 heteroatoms. The molecule has 0 bridgehead atoms. The fourth-order valence-electron chi connectivity index (χ4n) is 3.08. The quantitative estimate of drug-likeness (QED) is 0.745. The predicted octanol–water partition coefficient (Wildman–Crippen LogP) is 3.26. The van der Waals surface area contributed by atoms with Crippen LogP contribution in [0.25, 0.3) is 0 Å². The van der Waals surface area contributed by atoms with Gasteiger partial charge in [-0.1, -0.05) is 26.7 Å². The number of hydrogen-bond donors (Lipinski definition) is 3. The van der Waals surface area contributed by atoms with Gasteiger partial charge in [-0.2, -0.15) is 0 Å². The first-order valence-electron chi connectivity index (χ1n) is 7.97. The molecule has 3 atom stereocenters. The number of benzene rings is 1. The van der Waals surface area contributed by atoms with E-state index in [2.05, 4.69) is 24.5 Å². The van der Waals surface area contributed by atoms with Gasteiger partial charge in [0.05, 0.1) is 11.4 Å². The summed E-state index contributed by atoms with van der Waals surface area (Å²) in [4.78, 5) is 11.8. The van der Waals surface area contributed by atoms with Crippen molar-refractivity contribution in [2.24, 2.45) is 11.8 Å². The molecule has 3 unspecified atom stereocenters. The summed E-state index contributed by atoms with van der Waals surface area (Å²) in [5.74, 6) is 1.31. The maximum absolute atomic E-state index is 11.8. The molecule has 4 nitrogen and oxygen atoms in total. The Labute approximate surface area is 127 Å². The van der Waals surface area contributed by atoms with E-state index in [9.17, 15) is 4.79 Å². The third-order valence-corrected chi connectivity index (χ3v) is 4.70. The molecular formula is C17H27N3O. The molecule has 0 spiro atoms. The molecule has 1 aliphatic carbocycles. The van der Waals surface area contributed by atoms with Crippen molar-refractivity contribution in [2.75, 3.05) is 17.6 Å². The highest BCUT2D eigenvalue weighted by Crippen LogP contribution is 2.33. The molecule has 0 heterocycles. The van der Waals surface area contributed by atoms with Gasteiger partial charge in [-0.05, 0) is 43.4 Å². The molecular weight excluding hydrogens is 262 g/mol. The summed E-state index contributed by atoms with van der Waals surface area (Å²) < 4.78 is 0. The lowest BCUT2D eigenvalue weighted by Crippen LogP contribution is -2.35. The Morgan fingerprint density at radius 3 is 2.76 bits per heavy atom. The maximum Gasteiger partial charge on any atom is 0.251 e. The van der Waals surface area contributed by atoms with Crippen LogP contribution in [0.15, 0.2) is 18.2 Å². The maximum atomic E-state index is 11.8. The number of rotatable bonds is 4. The van der Waals surface area contributed by atoms with Crippen LogP contribution in [0, 0.1) is 11.8 Å². The fraction of sp³-hybridized carbons (Fsp3) is 0.588. The van der Waals surface area contributed by atoms with Crippen molar-refractivity contribution in [3.8, 4) is 0 Å². The van der Waals surface area contributed by atoms with Crippen LogP contribution in [-0.2, 0) is 0 Å². The largest absolute Gasteiger partial charge is 0.397 e. The molecule has 0 saturated heterocycles. The third kappa shape index (κ3) is 3.69. The van der Waals surface area contributed by atoms with Crippen LogP contribution in [0.5, 0.6) is 0 Å². The molecule has 0 radical (unpaired) electrons. The summed E-state index contributed by atoms with van der Waals surface area (Å²) in [5.41, 5.74) is 8.31. The van der Waals surface area contributed by atoms with E-state index in [1.54, 1.807) is 6.07 Å². The normalized spacial score (nSPS) is 25.4. The number of anilines is 2. The highest BCUT2D eigenvalue weighted by Gasteiger charge is 2.27. The van der Waals surface area contributed by atoms with Crippen molar-refractivity contribution < 1.29 is 4.79 Å². The Kier molecular flexibility index (Phi) is 5.10. The lowest BCUT2D eigenvalue weighted by molar-refractivity contribution is 0.0956. The summed E-state index contributed by atoms with van der Waals surface area (Å²) in [6.45, 7) is 7.15. The van der Waals surface area contributed by atoms with Crippen molar-refractivity contribution in [1.82, 2.24) is 5.32 Å². The summed E-state index contributed by atoms with van der Waals surface area (Å²) in [7, 11) is 0. The van der Waals surface area contributed by atoms with Gasteiger partial charge in [0.2, 0.25) is 0 Å². The number of nitrogens with one attached hydrogen (secondary N) is 2. The first-order chi connectivity index (χ1) is 10.0. The first-order valence-corrected chi connectivity index (χ1v) is 7.97. The molecule has 1 fully saturated rings. The highest BCUT2D eigenvalue weighted by atomic mass is 16.1. The van der Waals surface area contributed by atoms with E-state index in [1.165, 1.54) is 19.3 Å². The van der Waals surface area contributed by atoms with Gasteiger partial charge >= 0.3 is 0 Å². The van der Waals surface area contributed by atoms with Gasteiger partial charge in [0.1, 0.15) is 0 Å². The number of amides is 1. The van der Waals surface area contributed by atoms with Gasteiger partial charge in [-0.15, -0.1) is 0 Å². The molecule has 4 N–H and O–H groups in total. The number of carbonyl (C=O) groups is 1. The monoisotopic (exact) mass is 289 g/mol. The minimum Gasteiger partial charge on any atom is -0.397 e. The van der Waals surface area contributed by atoms with E-state index in [0.717, 1.165) is 11.6 Å². The van der Waals surface area contributed by atoms with Gasteiger partial charge in [-0.3, -0.25) is 4.79 Å². The second-order valence-corrected chi connectivity index (χ2v) is 6.18. The molecule has 1 aliphatic rings. The zero-order chi connectivity index (χ0) is 15.4. The topological polar surface area (TPSA) is 67.2 Å². The van der Waals surface area contributed by atoms with E-state index in [1.807, 2.05) is 19.1 Å². The van der Waals surface area contributed by atoms with Crippen molar-refractivity contribution in [3.05, 3.63) is 23.8 Å². The number of carbonyl (C=O) groups excluding carboxylic acids is 1. The number of hydrogen-bond acceptors (Lipinski definition) is 3. The second-order valence-electron chi connectivity index (χ2n) is 6.18. The van der Waals surface area contributed by atoms with Gasteiger partial charge < -0.3 is 16.4 Å². The number of nitrogen functional groups attached to an aromatic ring is 1. The summed E-state index contributed by atoms with van der Waals surface area (Å²) >= 11 is 0. The van der Waals surface area contributed by atoms with E-state index >= 15 is 0 Å². The van der Waals surface area contributed by atoms with Crippen molar-refractivity contribution >= 4 is 17.3 Å². The van der Waals surface area contributed by atoms with Gasteiger partial charge in [-0.25, -0.2) is 0 Å². The van der Waals surface area contributed by atoms with Crippen LogP contribution in [0.4, 0.5) is 11.4 Å². The minimum atomic E-state index is -0.0737. The Balaban J connectivity index is 2.09. The Morgan fingerprint density at radius 2 is 2.10 bits per heavy atom. The molecule has 1 aromatic rings. The lowest BCUT2D eigenvalue weighted by Gasteiger charge is -2.35. The molecule has 1 saturated carbocycles. The average molecular weight is 289 g/mol. The molecule has 0 aliphatic heterocycles. The zero-order valence-corrected chi connectivity index (χ0v) is 13.3. The lowest BCUT2D eigenvalue weighted by atomic mass is 9.78. The second kappa shape index (κ2) is 6.83. The Morgan fingerprint density at radius 1 is 1.33 bits per heavy atom. The summed E-state index contributed by atoms with van der Waals surface area (Å²) in [5, 5.41) is 6.36. The van der Waals surface area contributed by atoms with E-state index in [4.69, 9.17) is 5.73 Å². The van der Waals surface area contributed by atoms with Crippen LogP contribution < -0.4 is 16.4 Å². The predicted molar refractivity (Wildman–Crippen MR) is 88.5 cm³/mol. The Bertz CT molecular complexity index is 501. The molecule has 1 amide bonds. The highest BCUT2D eigenvalue weighted by molar-refractivity contribution is 5.96. The first kappa shape index (κ1) is 15.7. The van der Waals surface area contributed by atoms with Gasteiger partial charge in [0.15, 0.2) is 0 Å². The van der Waals surface area contributed by atoms with Gasteiger partial charge in [0.25, 0.3) is 5.91 Å². The van der Waals surface area contributed by atoms with Crippen molar-refractivity contribution in [2.45, 2.75) is 46.1 Å². The van der Waals surface area contributed by atoms with Crippen molar-refractivity contribution in [3.63, 3.8) is 0 Å². The molecule has 2 rings (SSSR count). The zero-order valence-electron chi connectivity index (χ0n) is 13.3. The molecule has 0 aromatic heterocycles. The van der Waals surface area contributed by atoms with E-state index in [0.29, 0.717) is 29.8 Å². The van der Waals surface area contributed by atoms with Crippen LogP contribution in [0.2, 0.25) is 0 Å². The standard InChI is InChI=1S/C17H27N3O/c1-4-19-17(21)13-8-9-16(14(18)10-13)20-15-7-5-6-11(2)12(15)3/h8-12,15,20H,4-7,18H2,1-3H3,(H,19,21). The summed E-state index contributed by atoms with van der Waals surface area (Å²) in [6.07, 6.45) is 3.76. The summed E-state index contributed by atoms with van der Waals surface area (Å²) in [6, 6.07) is 5.97. The average Bonchev–Trinajstić information content (AvgIpc) is 2.46. The van der Waals surface area contributed by atoms with E-state index < -0.39 is 0 Å². The van der Waals surface area contributed by atoms with Crippen molar-refractivity contribution in [1.29, 1.82) is 0 Å². The SMILES string of the molecule is CCNC(=O)c1ccc(NC2CCCC(C)C2C)c(N)c1. The van der Waals surface area contributed by atoms with Crippen LogP contribution in [0.3, 0.4) is 0 Å². The van der Waals surface area contributed by atoms with Crippen LogP contribution in [-0.4, -0.2) is 18.5 Å². The number of nitrogens with two attached hydrogens (primary N) is 1. The molecule has 21 heavy (non-hydrogen) atoms. The van der Waals surface area contributed by atoms with Gasteiger partial charge in [0, 0.05) is 18.2 Å². The molecule has 116 valence electrons. The molecule has 1 aromatic carbocycles. The fourth-order valence-corrected chi connectivity index (χ4v) is 3.08. The third-order valence-electron chi connectivity index (χ3n) is 4.70.